The van der Waals surface area contributed by atoms with Gasteiger partial charge in [0.2, 0.25) is 5.91 Å². The number of Topliss-reactive ketones (excluding diaryl/α,β-unsaturated/α-hetero) is 1. The molecule has 2 aromatic carbocycles. The largest absolute Gasteiger partial charge is 0.394 e. The third-order valence-corrected chi connectivity index (χ3v) is 5.76. The zero-order valence-corrected chi connectivity index (χ0v) is 19.7. The number of hydrogen-bond donors (Lipinski definition) is 4. The van der Waals surface area contributed by atoms with Crippen molar-refractivity contribution >= 4 is 23.4 Å². The van der Waals surface area contributed by atoms with Crippen molar-refractivity contribution in [3.63, 3.8) is 0 Å². The first-order valence-corrected chi connectivity index (χ1v) is 11.4. The van der Waals surface area contributed by atoms with E-state index in [0.717, 1.165) is 0 Å². The molecule has 0 aromatic heterocycles. The van der Waals surface area contributed by atoms with Crippen LogP contribution in [0.4, 0.5) is 0 Å². The lowest BCUT2D eigenvalue weighted by molar-refractivity contribution is -0.133. The van der Waals surface area contributed by atoms with E-state index in [1.807, 2.05) is 13.8 Å². The van der Waals surface area contributed by atoms with E-state index in [9.17, 15) is 29.4 Å². The Morgan fingerprint density at radius 1 is 0.914 bits per heavy atom. The Hall–Kier alpha value is -3.40. The van der Waals surface area contributed by atoms with Gasteiger partial charge in [-0.2, -0.15) is 0 Å². The van der Waals surface area contributed by atoms with Gasteiger partial charge in [0.15, 0.2) is 17.2 Å². The van der Waals surface area contributed by atoms with Gasteiger partial charge < -0.3 is 25.6 Å². The van der Waals surface area contributed by atoms with Crippen LogP contribution >= 0.6 is 0 Å². The minimum Gasteiger partial charge on any atom is -0.394 e. The maximum atomic E-state index is 12.8. The monoisotopic (exact) mass is 482 g/mol. The van der Waals surface area contributed by atoms with Crippen LogP contribution in [-0.4, -0.2) is 71.1 Å². The number of rotatable bonds is 12. The minimum absolute atomic E-state index is 0.0470. The van der Waals surface area contributed by atoms with E-state index in [0.29, 0.717) is 17.5 Å². The molecule has 0 bridgehead atoms. The van der Waals surface area contributed by atoms with Crippen LogP contribution in [0.3, 0.4) is 0 Å². The fraction of sp³-hybridized carbons (Fsp3) is 0.385. The van der Waals surface area contributed by atoms with Gasteiger partial charge in [0, 0.05) is 16.7 Å². The summed E-state index contributed by atoms with van der Waals surface area (Å²) < 4.78 is 5.13. The second-order valence-electron chi connectivity index (χ2n) is 8.98. The Kier molecular flexibility index (Phi) is 8.50. The highest BCUT2D eigenvalue weighted by Crippen LogP contribution is 2.30. The average Bonchev–Trinajstić information content (AvgIpc) is 3.67. The van der Waals surface area contributed by atoms with Crippen LogP contribution < -0.4 is 10.6 Å². The molecule has 0 radical (unpaired) electrons. The molecule has 4 N–H and O–H groups in total. The summed E-state index contributed by atoms with van der Waals surface area (Å²) in [6.07, 6.45) is 0.297. The van der Waals surface area contributed by atoms with Gasteiger partial charge in [-0.05, 0) is 24.5 Å². The molecule has 2 amide bonds. The average molecular weight is 483 g/mol. The maximum Gasteiger partial charge on any atom is 0.252 e. The van der Waals surface area contributed by atoms with E-state index in [1.165, 1.54) is 12.1 Å². The lowest BCUT2D eigenvalue weighted by Gasteiger charge is -2.24. The predicted molar refractivity (Wildman–Crippen MR) is 127 cm³/mol. The lowest BCUT2D eigenvalue weighted by atomic mass is 9.92. The molecule has 1 heterocycles. The second kappa shape index (κ2) is 11.4. The summed E-state index contributed by atoms with van der Waals surface area (Å²) in [5.41, 5.74) is -0.399. The standard InChI is InChI=1S/C26H30N2O7/c1-16(2)11-20(23(32)26(14-30)15-35-26)27-25(34)21(13-29)28-24(33)19-10-6-9-18(12-19)22(31)17-7-4-3-5-8-17/h3-10,12,16,20-21,29-30H,11,13-15H2,1-2H3,(H,27,34)(H,28,33)/t20?,21-,26?/m0/s1. The summed E-state index contributed by atoms with van der Waals surface area (Å²) in [5, 5.41) is 24.3. The number of carbonyl (C=O) groups is 4. The number of epoxide rings is 1. The quantitative estimate of drug-likeness (QED) is 0.259. The fourth-order valence-electron chi connectivity index (χ4n) is 3.68. The Balaban J connectivity index is 1.70. The van der Waals surface area contributed by atoms with Crippen molar-refractivity contribution in [2.24, 2.45) is 5.92 Å². The molecule has 1 aliphatic heterocycles. The van der Waals surface area contributed by atoms with E-state index < -0.39 is 48.5 Å². The van der Waals surface area contributed by atoms with Gasteiger partial charge in [-0.3, -0.25) is 19.2 Å². The maximum absolute atomic E-state index is 12.8. The molecule has 2 aromatic rings. The summed E-state index contributed by atoms with van der Waals surface area (Å²) in [6.45, 7) is 2.63. The number of ether oxygens (including phenoxy) is 1. The van der Waals surface area contributed by atoms with E-state index in [2.05, 4.69) is 10.6 Å². The van der Waals surface area contributed by atoms with Crippen molar-refractivity contribution in [1.29, 1.82) is 0 Å². The summed E-state index contributed by atoms with van der Waals surface area (Å²) in [4.78, 5) is 51.2. The van der Waals surface area contributed by atoms with Gasteiger partial charge in [0.1, 0.15) is 6.04 Å². The van der Waals surface area contributed by atoms with Crippen LogP contribution in [0.5, 0.6) is 0 Å². The Morgan fingerprint density at radius 2 is 1.54 bits per heavy atom. The van der Waals surface area contributed by atoms with Crippen molar-refractivity contribution in [2.75, 3.05) is 19.8 Å². The normalized spacial score (nSPS) is 18.4. The molecule has 9 nitrogen and oxygen atoms in total. The first-order valence-electron chi connectivity index (χ1n) is 11.4. The van der Waals surface area contributed by atoms with Gasteiger partial charge in [-0.15, -0.1) is 0 Å². The van der Waals surface area contributed by atoms with Gasteiger partial charge in [0.25, 0.3) is 5.91 Å². The molecule has 0 aliphatic carbocycles. The number of nitrogens with one attached hydrogen (secondary N) is 2. The molecule has 0 spiro atoms. The molecule has 2 unspecified atom stereocenters. The van der Waals surface area contributed by atoms with Crippen LogP contribution in [0.25, 0.3) is 0 Å². The number of hydrogen-bond acceptors (Lipinski definition) is 7. The Labute approximate surface area is 203 Å². The molecule has 186 valence electrons. The molecule has 3 atom stereocenters. The van der Waals surface area contributed by atoms with E-state index in [1.54, 1.807) is 42.5 Å². The van der Waals surface area contributed by atoms with E-state index in [-0.39, 0.29) is 23.9 Å². The third-order valence-electron chi connectivity index (χ3n) is 5.76. The molecule has 0 saturated carbocycles. The van der Waals surface area contributed by atoms with Crippen molar-refractivity contribution < 1.29 is 34.1 Å². The molecule has 1 aliphatic rings. The molecule has 3 rings (SSSR count). The number of aliphatic hydroxyl groups excluding tert-OH is 2. The van der Waals surface area contributed by atoms with Crippen molar-refractivity contribution in [3.05, 3.63) is 71.3 Å². The highest BCUT2D eigenvalue weighted by atomic mass is 16.6. The Morgan fingerprint density at radius 3 is 2.11 bits per heavy atom. The molecular formula is C26H30N2O7. The summed E-state index contributed by atoms with van der Waals surface area (Å²) in [5.74, 6) is -2.06. The zero-order chi connectivity index (χ0) is 25.6. The fourth-order valence-corrected chi connectivity index (χ4v) is 3.68. The van der Waals surface area contributed by atoms with Gasteiger partial charge in [0.05, 0.1) is 25.9 Å². The summed E-state index contributed by atoms with van der Waals surface area (Å²) in [7, 11) is 0. The number of benzene rings is 2. The zero-order valence-electron chi connectivity index (χ0n) is 19.7. The number of amides is 2. The van der Waals surface area contributed by atoms with Gasteiger partial charge in [-0.1, -0.05) is 56.3 Å². The lowest BCUT2D eigenvalue weighted by Crippen LogP contribution is -2.55. The van der Waals surface area contributed by atoms with Crippen LogP contribution in [0.15, 0.2) is 54.6 Å². The Bertz CT molecular complexity index is 1080. The first-order chi connectivity index (χ1) is 16.7. The van der Waals surface area contributed by atoms with Crippen molar-refractivity contribution in [1.82, 2.24) is 10.6 Å². The summed E-state index contributed by atoms with van der Waals surface area (Å²) in [6, 6.07) is 12.4. The topological polar surface area (TPSA) is 145 Å². The summed E-state index contributed by atoms with van der Waals surface area (Å²) >= 11 is 0. The highest BCUT2D eigenvalue weighted by molar-refractivity contribution is 6.10. The molecule has 9 heteroatoms. The van der Waals surface area contributed by atoms with E-state index in [4.69, 9.17) is 4.74 Å². The molecule has 1 saturated heterocycles. The van der Waals surface area contributed by atoms with Gasteiger partial charge in [-0.25, -0.2) is 0 Å². The molecule has 1 fully saturated rings. The third kappa shape index (κ3) is 6.39. The predicted octanol–water partition coefficient (Wildman–Crippen LogP) is 0.870. The van der Waals surface area contributed by atoms with Crippen molar-refractivity contribution in [2.45, 2.75) is 38.0 Å². The smallest absolute Gasteiger partial charge is 0.252 e. The SMILES string of the molecule is CC(C)CC(NC(=O)[C@H](CO)NC(=O)c1cccc(C(=O)c2ccccc2)c1)C(=O)C1(CO)CO1. The van der Waals surface area contributed by atoms with Crippen LogP contribution in [0, 0.1) is 5.92 Å². The van der Waals surface area contributed by atoms with Crippen LogP contribution in [0.2, 0.25) is 0 Å². The minimum atomic E-state index is -1.33. The number of ketones is 2. The van der Waals surface area contributed by atoms with Gasteiger partial charge >= 0.3 is 0 Å². The van der Waals surface area contributed by atoms with Crippen molar-refractivity contribution in [3.8, 4) is 0 Å². The highest BCUT2D eigenvalue weighted by Gasteiger charge is 2.54. The molecule has 35 heavy (non-hydrogen) atoms. The van der Waals surface area contributed by atoms with Crippen LogP contribution in [-0.2, 0) is 14.3 Å². The first kappa shape index (κ1) is 26.2. The second-order valence-corrected chi connectivity index (χ2v) is 8.98. The number of aliphatic hydroxyl groups is 2. The van der Waals surface area contributed by atoms with Crippen LogP contribution in [0.1, 0.15) is 46.5 Å². The number of carbonyl (C=O) groups excluding carboxylic acids is 4. The van der Waals surface area contributed by atoms with E-state index >= 15 is 0 Å². The molecular weight excluding hydrogens is 452 g/mol.